The number of nitrogens with one attached hydrogen (secondary N) is 1. The van der Waals surface area contributed by atoms with Gasteiger partial charge in [0, 0.05) is 70.2 Å². The molecule has 2 saturated heterocycles. The van der Waals surface area contributed by atoms with Crippen LogP contribution in [0, 0.1) is 49.9 Å². The molecule has 2 aliphatic rings. The average Bonchev–Trinajstić information content (AvgIpc) is 3.02. The topological polar surface area (TPSA) is 97.1 Å². The third-order valence-electron chi connectivity index (χ3n) is 4.45. The summed E-state index contributed by atoms with van der Waals surface area (Å²) in [5.74, 6) is -0.784. The Labute approximate surface area is 186 Å². The fraction of sp³-hybridized carbons (Fsp3) is 0.500. The molecule has 1 aromatic carbocycles. The third-order valence-corrected chi connectivity index (χ3v) is 4.45. The molecular formula is C16H20AcFN4O4-. The largest absolute Gasteiger partial charge is 0.674 e. The molecule has 0 unspecified atom stereocenters. The molecule has 0 aliphatic carbocycles. The summed E-state index contributed by atoms with van der Waals surface area (Å²) < 4.78 is 19.6. The maximum atomic E-state index is 14.5. The van der Waals surface area contributed by atoms with Gasteiger partial charge in [0.25, 0.3) is 0 Å². The first-order valence-corrected chi connectivity index (χ1v) is 8.09. The Morgan fingerprint density at radius 1 is 1.31 bits per heavy atom. The van der Waals surface area contributed by atoms with Crippen LogP contribution in [0.15, 0.2) is 18.2 Å². The number of aliphatic hydroxyl groups excluding tert-OH is 1. The Balaban J connectivity index is 0.00000243. The predicted octanol–water partition coefficient (Wildman–Crippen LogP) is 0.844. The summed E-state index contributed by atoms with van der Waals surface area (Å²) in [6.45, 7) is 1.47. The summed E-state index contributed by atoms with van der Waals surface area (Å²) in [5, 5.41) is 8.89. The molecule has 1 aromatic rings. The van der Waals surface area contributed by atoms with Crippen LogP contribution in [-0.2, 0) is 9.53 Å². The zero-order valence-electron chi connectivity index (χ0n) is 14.2. The summed E-state index contributed by atoms with van der Waals surface area (Å²) in [7, 11) is 0. The van der Waals surface area contributed by atoms with Crippen LogP contribution in [-0.4, -0.2) is 74.0 Å². The summed E-state index contributed by atoms with van der Waals surface area (Å²) in [6, 6.07) is 4.54. The van der Waals surface area contributed by atoms with Crippen molar-refractivity contribution in [1.29, 1.82) is 0 Å². The number of amides is 2. The van der Waals surface area contributed by atoms with E-state index in [9.17, 15) is 14.0 Å². The average molecular weight is 578 g/mol. The third kappa shape index (κ3) is 4.47. The Morgan fingerprint density at radius 2 is 2.00 bits per heavy atom. The van der Waals surface area contributed by atoms with E-state index in [-0.39, 0.29) is 63.1 Å². The van der Waals surface area contributed by atoms with Crippen LogP contribution in [0.2, 0.25) is 0 Å². The van der Waals surface area contributed by atoms with Gasteiger partial charge in [-0.25, -0.2) is 9.18 Å². The maximum absolute atomic E-state index is 14.5. The van der Waals surface area contributed by atoms with Crippen molar-refractivity contribution >= 4 is 23.4 Å². The molecule has 2 aliphatic heterocycles. The Kier molecular flexibility index (Phi) is 7.65. The van der Waals surface area contributed by atoms with Crippen molar-refractivity contribution in [2.24, 2.45) is 0 Å². The van der Waals surface area contributed by atoms with Crippen molar-refractivity contribution < 1.29 is 67.9 Å². The van der Waals surface area contributed by atoms with Crippen molar-refractivity contribution in [2.45, 2.75) is 6.10 Å². The molecule has 3 rings (SSSR count). The number of halogens is 1. The van der Waals surface area contributed by atoms with Crippen molar-refractivity contribution in [1.82, 2.24) is 4.90 Å². The van der Waals surface area contributed by atoms with Crippen LogP contribution in [0.5, 0.6) is 0 Å². The number of rotatable bonds is 4. The number of carbonyl (C=O) groups excluding carboxylic acids is 2. The number of nitrogens with zero attached hydrogens (tertiary/aromatic N) is 3. The van der Waals surface area contributed by atoms with Gasteiger partial charge < -0.3 is 25.4 Å². The summed E-state index contributed by atoms with van der Waals surface area (Å²) in [6.07, 6.45) is -1.06. The first-order valence-electron chi connectivity index (χ1n) is 8.09. The van der Waals surface area contributed by atoms with E-state index in [0.717, 1.165) is 0 Å². The van der Waals surface area contributed by atoms with E-state index in [1.165, 1.54) is 11.0 Å². The van der Waals surface area contributed by atoms with Gasteiger partial charge in [0.15, 0.2) is 0 Å². The molecule has 0 saturated carbocycles. The van der Waals surface area contributed by atoms with Gasteiger partial charge in [-0.1, -0.05) is 0 Å². The fourth-order valence-corrected chi connectivity index (χ4v) is 3.06. The van der Waals surface area contributed by atoms with Gasteiger partial charge in [0.2, 0.25) is 5.91 Å². The number of hydrogen-bond acceptors (Lipinski definition) is 5. The second-order valence-corrected chi connectivity index (χ2v) is 5.98. The van der Waals surface area contributed by atoms with Crippen LogP contribution in [0.4, 0.5) is 20.6 Å². The van der Waals surface area contributed by atoms with Crippen molar-refractivity contribution in [3.8, 4) is 0 Å². The van der Waals surface area contributed by atoms with E-state index in [0.29, 0.717) is 37.6 Å². The molecule has 1 atom stereocenters. The standard InChI is InChI=1S/C16H20FN4O4.Ac/c17-13-7-11(21-9-12(8-18)25-16(21)24)1-2-14(13)19-3-5-20(6-4-19)15(23)10-22;/h1-2,7,12,18,22H,3-6,8-10H2;/q-1;/t12-;/m0./s1. The minimum atomic E-state index is -0.569. The molecule has 26 heavy (non-hydrogen) atoms. The van der Waals surface area contributed by atoms with E-state index in [1.54, 1.807) is 17.0 Å². The molecule has 10 heteroatoms. The number of carbonyl (C=O) groups is 2. The second-order valence-electron chi connectivity index (χ2n) is 5.98. The fourth-order valence-electron chi connectivity index (χ4n) is 3.06. The van der Waals surface area contributed by atoms with Crippen LogP contribution in [0.1, 0.15) is 0 Å². The van der Waals surface area contributed by atoms with Gasteiger partial charge >= 0.3 is 6.09 Å². The van der Waals surface area contributed by atoms with E-state index < -0.39 is 24.6 Å². The van der Waals surface area contributed by atoms with Crippen molar-refractivity contribution in [2.75, 3.05) is 55.7 Å². The zero-order chi connectivity index (χ0) is 18.0. The van der Waals surface area contributed by atoms with Gasteiger partial charge in [-0.15, -0.1) is 6.54 Å². The Morgan fingerprint density at radius 3 is 2.54 bits per heavy atom. The van der Waals surface area contributed by atoms with E-state index in [2.05, 4.69) is 0 Å². The van der Waals surface area contributed by atoms with E-state index >= 15 is 0 Å². The molecule has 2 amide bonds. The second kappa shape index (κ2) is 9.31. The van der Waals surface area contributed by atoms with Gasteiger partial charge in [0.05, 0.1) is 17.9 Å². The molecule has 2 heterocycles. The molecule has 139 valence electrons. The first-order chi connectivity index (χ1) is 12.0. The molecule has 2 N–H and O–H groups in total. The van der Waals surface area contributed by atoms with Gasteiger partial charge in [-0.2, -0.15) is 0 Å². The molecular weight excluding hydrogens is 558 g/mol. The monoisotopic (exact) mass is 578 g/mol. The van der Waals surface area contributed by atoms with Gasteiger partial charge in [-0.05, 0) is 18.2 Å². The first kappa shape index (κ1) is 21.4. The number of benzene rings is 1. The molecule has 8 nitrogen and oxygen atoms in total. The smallest absolute Gasteiger partial charge is 0.414 e. The Hall–Kier alpha value is -0.948. The summed E-state index contributed by atoms with van der Waals surface area (Å²) in [4.78, 5) is 28.0. The van der Waals surface area contributed by atoms with Crippen LogP contribution >= 0.6 is 0 Å². The number of piperazine rings is 1. The van der Waals surface area contributed by atoms with Gasteiger partial charge in [-0.3, -0.25) is 9.69 Å². The van der Waals surface area contributed by atoms with E-state index in [1.807, 2.05) is 4.90 Å². The number of ether oxygens (including phenoxy) is 1. The van der Waals surface area contributed by atoms with Crippen LogP contribution in [0.3, 0.4) is 0 Å². The maximum Gasteiger partial charge on any atom is 0.414 e. The quantitative estimate of drug-likeness (QED) is 0.572. The van der Waals surface area contributed by atoms with Crippen molar-refractivity contribution in [3.63, 3.8) is 0 Å². The van der Waals surface area contributed by atoms with Gasteiger partial charge in [0.1, 0.15) is 18.5 Å². The minimum Gasteiger partial charge on any atom is -0.674 e. The number of hydrogen-bond donors (Lipinski definition) is 1. The summed E-state index contributed by atoms with van der Waals surface area (Å²) in [5.41, 5.74) is 8.09. The Bertz CT molecular complexity index is 670. The molecule has 1 radical (unpaired) electrons. The number of aliphatic hydroxyl groups is 1. The number of anilines is 2. The normalized spacial score (nSPS) is 20.0. The molecule has 0 bridgehead atoms. The molecule has 0 spiro atoms. The molecule has 0 aromatic heterocycles. The predicted molar refractivity (Wildman–Crippen MR) is 89.1 cm³/mol. The van der Waals surface area contributed by atoms with Crippen molar-refractivity contribution in [3.05, 3.63) is 29.7 Å². The zero-order valence-corrected chi connectivity index (χ0v) is 19.0. The minimum absolute atomic E-state index is 0. The van der Waals surface area contributed by atoms with Crippen LogP contribution in [0.25, 0.3) is 5.73 Å². The van der Waals surface area contributed by atoms with E-state index in [4.69, 9.17) is 15.6 Å². The molecule has 2 fully saturated rings. The number of cyclic esters (lactones) is 1. The summed E-state index contributed by atoms with van der Waals surface area (Å²) >= 11 is 0. The SMILES string of the molecule is [Ac].[NH-]C[C@H]1CN(c2ccc(N3CCN(C(=O)CO)CC3)c(F)c2)C(=O)O1. The van der Waals surface area contributed by atoms with Crippen LogP contribution < -0.4 is 9.80 Å².